The third-order valence-corrected chi connectivity index (χ3v) is 3.49. The zero-order valence-electron chi connectivity index (χ0n) is 16.2. The molecule has 6 heteroatoms. The molecular formula is C21H26N2O4. The Kier molecular flexibility index (Phi) is 6.96. The van der Waals surface area contributed by atoms with Crippen LogP contribution in [0.3, 0.4) is 0 Å². The number of carbonyl (C=O) groups is 2. The molecule has 27 heavy (non-hydrogen) atoms. The van der Waals surface area contributed by atoms with E-state index >= 15 is 0 Å². The first-order valence-corrected chi connectivity index (χ1v) is 8.72. The highest BCUT2D eigenvalue weighted by molar-refractivity contribution is 5.92. The van der Waals surface area contributed by atoms with E-state index in [0.29, 0.717) is 12.3 Å². The van der Waals surface area contributed by atoms with Crippen molar-refractivity contribution in [3.05, 3.63) is 59.7 Å². The first-order chi connectivity index (χ1) is 12.7. The second-order valence-corrected chi connectivity index (χ2v) is 7.18. The molecule has 0 spiro atoms. The largest absolute Gasteiger partial charge is 0.444 e. The average molecular weight is 370 g/mol. The fourth-order valence-electron chi connectivity index (χ4n) is 2.42. The third kappa shape index (κ3) is 7.50. The molecule has 0 aliphatic carbocycles. The van der Waals surface area contributed by atoms with Gasteiger partial charge in [-0.25, -0.2) is 4.79 Å². The van der Waals surface area contributed by atoms with Gasteiger partial charge in [-0.3, -0.25) is 10.1 Å². The van der Waals surface area contributed by atoms with Crippen molar-refractivity contribution in [1.82, 2.24) is 0 Å². The van der Waals surface area contributed by atoms with Gasteiger partial charge in [0.05, 0.1) is 13.0 Å². The van der Waals surface area contributed by atoms with Gasteiger partial charge < -0.3 is 14.8 Å². The molecule has 0 heterocycles. The van der Waals surface area contributed by atoms with Crippen molar-refractivity contribution >= 4 is 23.4 Å². The Morgan fingerprint density at radius 1 is 0.926 bits per heavy atom. The Labute approximate surface area is 159 Å². The number of anilines is 2. The molecule has 0 aliphatic rings. The van der Waals surface area contributed by atoms with Crippen LogP contribution in [0.2, 0.25) is 0 Å². The lowest BCUT2D eigenvalue weighted by atomic mass is 10.1. The molecule has 0 aliphatic heterocycles. The Hall–Kier alpha value is -2.86. The molecule has 0 saturated carbocycles. The maximum Gasteiger partial charge on any atom is 0.412 e. The zero-order chi connectivity index (χ0) is 19.9. The van der Waals surface area contributed by atoms with Gasteiger partial charge in [-0.15, -0.1) is 0 Å². The van der Waals surface area contributed by atoms with Crippen LogP contribution >= 0.6 is 0 Å². The predicted molar refractivity (Wildman–Crippen MR) is 106 cm³/mol. The molecule has 0 radical (unpaired) electrons. The number of ether oxygens (including phenoxy) is 2. The van der Waals surface area contributed by atoms with E-state index in [2.05, 4.69) is 10.6 Å². The maximum atomic E-state index is 12.2. The van der Waals surface area contributed by atoms with Gasteiger partial charge >= 0.3 is 6.09 Å². The Balaban J connectivity index is 1.89. The highest BCUT2D eigenvalue weighted by Gasteiger charge is 2.16. The number of nitrogens with one attached hydrogen (secondary N) is 2. The van der Waals surface area contributed by atoms with Crippen molar-refractivity contribution in [2.24, 2.45) is 0 Å². The minimum Gasteiger partial charge on any atom is -0.444 e. The van der Waals surface area contributed by atoms with E-state index < -0.39 is 11.7 Å². The van der Waals surface area contributed by atoms with Crippen molar-refractivity contribution in [1.29, 1.82) is 0 Å². The molecule has 0 saturated heterocycles. The topological polar surface area (TPSA) is 76.7 Å². The number of benzene rings is 2. The molecular weight excluding hydrogens is 344 g/mol. The highest BCUT2D eigenvalue weighted by Crippen LogP contribution is 2.15. The van der Waals surface area contributed by atoms with Gasteiger partial charge in [-0.1, -0.05) is 24.3 Å². The zero-order valence-corrected chi connectivity index (χ0v) is 16.2. The minimum atomic E-state index is -0.553. The molecule has 2 amide bonds. The van der Waals surface area contributed by atoms with Crippen molar-refractivity contribution in [3.8, 4) is 0 Å². The summed E-state index contributed by atoms with van der Waals surface area (Å²) in [6.07, 6.45) is -0.273. The summed E-state index contributed by atoms with van der Waals surface area (Å²) < 4.78 is 10.3. The summed E-state index contributed by atoms with van der Waals surface area (Å²) in [6.45, 7) is 5.91. The average Bonchev–Trinajstić information content (AvgIpc) is 2.55. The number of rotatable bonds is 6. The first-order valence-electron chi connectivity index (χ1n) is 8.72. The van der Waals surface area contributed by atoms with E-state index in [0.717, 1.165) is 16.8 Å². The molecule has 0 unspecified atom stereocenters. The fourth-order valence-corrected chi connectivity index (χ4v) is 2.42. The summed E-state index contributed by atoms with van der Waals surface area (Å²) in [5.74, 6) is -0.114. The lowest BCUT2D eigenvalue weighted by Crippen LogP contribution is -2.27. The number of amides is 2. The van der Waals surface area contributed by atoms with Crippen LogP contribution in [0.25, 0.3) is 0 Å². The highest BCUT2D eigenvalue weighted by atomic mass is 16.6. The molecule has 0 fully saturated rings. The third-order valence-electron chi connectivity index (χ3n) is 3.49. The number of hydrogen-bond donors (Lipinski definition) is 2. The van der Waals surface area contributed by atoms with Crippen molar-refractivity contribution in [3.63, 3.8) is 0 Å². The Morgan fingerprint density at radius 3 is 2.26 bits per heavy atom. The van der Waals surface area contributed by atoms with E-state index in [1.807, 2.05) is 24.3 Å². The van der Waals surface area contributed by atoms with E-state index in [-0.39, 0.29) is 12.3 Å². The van der Waals surface area contributed by atoms with Crippen LogP contribution in [-0.4, -0.2) is 24.7 Å². The van der Waals surface area contributed by atoms with Gasteiger partial charge in [0, 0.05) is 18.5 Å². The van der Waals surface area contributed by atoms with Crippen LogP contribution in [0.4, 0.5) is 16.2 Å². The normalized spacial score (nSPS) is 11.0. The predicted octanol–water partition coefficient (Wildman–Crippen LogP) is 4.36. The van der Waals surface area contributed by atoms with Gasteiger partial charge in [0.2, 0.25) is 5.91 Å². The summed E-state index contributed by atoms with van der Waals surface area (Å²) in [5.41, 5.74) is 2.63. The molecule has 2 N–H and O–H groups in total. The van der Waals surface area contributed by atoms with Crippen LogP contribution in [0, 0.1) is 0 Å². The maximum absolute atomic E-state index is 12.2. The monoisotopic (exact) mass is 370 g/mol. The first kappa shape index (κ1) is 20.5. The molecule has 0 aromatic heterocycles. The van der Waals surface area contributed by atoms with Crippen LogP contribution in [0.15, 0.2) is 48.5 Å². The molecule has 2 aromatic carbocycles. The quantitative estimate of drug-likeness (QED) is 0.792. The van der Waals surface area contributed by atoms with E-state index in [1.165, 1.54) is 0 Å². The summed E-state index contributed by atoms with van der Waals surface area (Å²) in [6, 6.07) is 14.6. The molecule has 2 aromatic rings. The number of methoxy groups -OCH3 is 1. The van der Waals surface area contributed by atoms with Gasteiger partial charge in [0.1, 0.15) is 5.60 Å². The Bertz CT molecular complexity index is 780. The second-order valence-electron chi connectivity index (χ2n) is 7.18. The van der Waals surface area contributed by atoms with E-state index in [1.54, 1.807) is 52.1 Å². The van der Waals surface area contributed by atoms with Crippen LogP contribution in [-0.2, 0) is 27.3 Å². The lowest BCUT2D eigenvalue weighted by molar-refractivity contribution is -0.115. The SMILES string of the molecule is COCc1cccc(NC(=O)Cc2ccc(NC(=O)OC(C)(C)C)cc2)c1. The summed E-state index contributed by atoms with van der Waals surface area (Å²) in [7, 11) is 1.63. The van der Waals surface area contributed by atoms with Crippen molar-refractivity contribution in [2.75, 3.05) is 17.7 Å². The van der Waals surface area contributed by atoms with Gasteiger partial charge in [0.15, 0.2) is 0 Å². The van der Waals surface area contributed by atoms with Gasteiger partial charge in [-0.2, -0.15) is 0 Å². The molecule has 0 atom stereocenters. The van der Waals surface area contributed by atoms with Crippen LogP contribution < -0.4 is 10.6 Å². The van der Waals surface area contributed by atoms with Gasteiger partial charge in [0.25, 0.3) is 0 Å². The Morgan fingerprint density at radius 2 is 1.63 bits per heavy atom. The smallest absolute Gasteiger partial charge is 0.412 e. The van der Waals surface area contributed by atoms with Crippen LogP contribution in [0.1, 0.15) is 31.9 Å². The minimum absolute atomic E-state index is 0.114. The summed E-state index contributed by atoms with van der Waals surface area (Å²) >= 11 is 0. The fraction of sp³-hybridized carbons (Fsp3) is 0.333. The van der Waals surface area contributed by atoms with E-state index in [4.69, 9.17) is 9.47 Å². The summed E-state index contributed by atoms with van der Waals surface area (Å²) in [5, 5.41) is 5.54. The number of hydrogen-bond acceptors (Lipinski definition) is 4. The molecule has 2 rings (SSSR count). The summed E-state index contributed by atoms with van der Waals surface area (Å²) in [4.78, 5) is 24.0. The van der Waals surface area contributed by atoms with Crippen molar-refractivity contribution < 1.29 is 19.1 Å². The van der Waals surface area contributed by atoms with Crippen molar-refractivity contribution in [2.45, 2.75) is 39.4 Å². The lowest BCUT2D eigenvalue weighted by Gasteiger charge is -2.19. The molecule has 144 valence electrons. The number of carbonyl (C=O) groups excluding carboxylic acids is 2. The molecule has 0 bridgehead atoms. The second kappa shape index (κ2) is 9.19. The standard InChI is InChI=1S/C21H26N2O4/c1-21(2,3)27-20(25)23-17-10-8-15(9-11-17)13-19(24)22-18-7-5-6-16(12-18)14-26-4/h5-12H,13-14H2,1-4H3,(H,22,24)(H,23,25). The van der Waals surface area contributed by atoms with Crippen LogP contribution in [0.5, 0.6) is 0 Å². The van der Waals surface area contributed by atoms with E-state index in [9.17, 15) is 9.59 Å². The molecule has 6 nitrogen and oxygen atoms in total. The van der Waals surface area contributed by atoms with Gasteiger partial charge in [-0.05, 0) is 56.2 Å².